The van der Waals surface area contributed by atoms with Crippen LogP contribution in [0, 0.1) is 6.92 Å². The van der Waals surface area contributed by atoms with Crippen molar-refractivity contribution in [3.8, 4) is 22.9 Å². The molecule has 0 aliphatic rings. The van der Waals surface area contributed by atoms with Crippen LogP contribution < -0.4 is 0 Å². The molecule has 0 aliphatic carbocycles. The van der Waals surface area contributed by atoms with E-state index in [-0.39, 0.29) is 71.0 Å². The molecular formula is C43H28N10O17S5. The fourth-order valence-electron chi connectivity index (χ4n) is 7.77. The van der Waals surface area contributed by atoms with Gasteiger partial charge in [-0.25, -0.2) is 10.5 Å². The van der Waals surface area contributed by atoms with E-state index >= 15 is 0 Å². The van der Waals surface area contributed by atoms with Crippen LogP contribution in [-0.4, -0.2) is 89.6 Å². The van der Waals surface area contributed by atoms with Gasteiger partial charge in [-0.3, -0.25) is 13.7 Å². The van der Waals surface area contributed by atoms with E-state index in [2.05, 4.69) is 59.6 Å². The van der Waals surface area contributed by atoms with E-state index in [0.717, 1.165) is 16.9 Å². The number of phenolic OH excluding ortho intramolecular Hbond substituents is 2. The highest BCUT2D eigenvalue weighted by atomic mass is 32.2. The number of aromatic hydroxyl groups is 2. The Balaban J connectivity index is 0.906. The molecule has 2 heterocycles. The highest BCUT2D eigenvalue weighted by Gasteiger charge is 2.24. The monoisotopic (exact) mass is 1120 g/mol. The van der Waals surface area contributed by atoms with E-state index in [0.29, 0.717) is 68.8 Å². The predicted molar refractivity (Wildman–Crippen MR) is 264 cm³/mol. The average molecular weight is 1120 g/mol. The molecule has 0 bridgehead atoms. The Kier molecular flexibility index (Phi) is 13.3. The first kappa shape index (κ1) is 50.8. The van der Waals surface area contributed by atoms with Gasteiger partial charge in [0, 0.05) is 37.9 Å². The quantitative estimate of drug-likeness (QED) is 0.0165. The number of nitrogens with zero attached hydrogens (tertiary/aromatic N) is 10. The van der Waals surface area contributed by atoms with Gasteiger partial charge in [-0.15, -0.1) is 39.3 Å². The summed E-state index contributed by atoms with van der Waals surface area (Å²) in [5, 5.41) is 83.6. The molecule has 0 spiro atoms. The summed E-state index contributed by atoms with van der Waals surface area (Å²) in [6.45, 7) is 1.67. The van der Waals surface area contributed by atoms with Crippen LogP contribution in [0.5, 0.6) is 11.5 Å². The predicted octanol–water partition coefficient (Wildman–Crippen LogP) is 9.76. The molecule has 7 N–H and O–H groups in total. The molecule has 0 aliphatic heterocycles. The molecule has 0 saturated carbocycles. The molecule has 10 aromatic rings. The summed E-state index contributed by atoms with van der Waals surface area (Å²) in [6.07, 6.45) is 0. The number of benzene rings is 8. The number of rotatable bonds is 15. The van der Waals surface area contributed by atoms with Gasteiger partial charge >= 0.3 is 0 Å². The van der Waals surface area contributed by atoms with Gasteiger partial charge in [0.2, 0.25) is 0 Å². The summed E-state index contributed by atoms with van der Waals surface area (Å²) in [5.41, 5.74) is 2.54. The molecule has 27 nitrogen and oxygen atoms in total. The Morgan fingerprint density at radius 1 is 0.520 bits per heavy atom. The average Bonchev–Trinajstić information content (AvgIpc) is 4.03. The molecular weight excluding hydrogens is 1090 g/mol. The number of aryl methyl sites for hydroxylation is 1. The smallest absolute Gasteiger partial charge is 0.295 e. The van der Waals surface area contributed by atoms with Crippen molar-refractivity contribution in [1.82, 2.24) is 30.0 Å². The number of fused-ring (bicyclic) bond motifs is 7. The molecule has 0 atom stereocenters. The second-order valence-corrected chi connectivity index (χ2v) is 21.5. The minimum absolute atomic E-state index is 0.00627. The lowest BCUT2D eigenvalue weighted by Gasteiger charge is -2.10. The Bertz CT molecular complexity index is 4430. The van der Waals surface area contributed by atoms with Gasteiger partial charge in [-0.05, 0) is 109 Å². The summed E-state index contributed by atoms with van der Waals surface area (Å²) >= 11 is 0.950. The van der Waals surface area contributed by atoms with Crippen molar-refractivity contribution in [2.24, 2.45) is 20.5 Å². The van der Waals surface area contributed by atoms with Crippen molar-refractivity contribution in [2.45, 2.75) is 31.4 Å². The largest absolute Gasteiger partial charge is 0.506 e. The molecule has 382 valence electrons. The van der Waals surface area contributed by atoms with Crippen LogP contribution in [0.2, 0.25) is 0 Å². The zero-order valence-electron chi connectivity index (χ0n) is 37.1. The topological polar surface area (TPSA) is 392 Å². The van der Waals surface area contributed by atoms with Gasteiger partial charge in [-0.1, -0.05) is 22.2 Å². The molecule has 8 aromatic carbocycles. The first-order valence-electron chi connectivity index (χ1n) is 20.7. The van der Waals surface area contributed by atoms with E-state index in [1.54, 1.807) is 43.3 Å². The Hall–Kier alpha value is -7.67. The lowest BCUT2D eigenvalue weighted by atomic mass is 10.1. The van der Waals surface area contributed by atoms with Crippen LogP contribution >= 0.6 is 24.1 Å². The van der Waals surface area contributed by atoms with Gasteiger partial charge in [0.15, 0.2) is 5.75 Å². The third kappa shape index (κ3) is 10.0. The van der Waals surface area contributed by atoms with Crippen LogP contribution in [0.25, 0.3) is 65.8 Å². The van der Waals surface area contributed by atoms with Crippen LogP contribution in [0.15, 0.2) is 154 Å². The van der Waals surface area contributed by atoms with Crippen LogP contribution in [0.3, 0.4) is 0 Å². The van der Waals surface area contributed by atoms with Crippen LogP contribution in [0.4, 0.5) is 22.7 Å². The SMILES string of the molecule is Cc1cc(N=Nc2c(SOOO)cc3cc(-n4nc5ccc6c(S(=O)(=O)O)cc(S(=O)(=O)O)cc6c5n4)ccc3c2O)c(O)cc1N=Nc1ccc(-n2nc3ccc4c(SOOO)cc(S(=O)(=O)O)cc4c3n2)cc1. The van der Waals surface area contributed by atoms with Crippen LogP contribution in [-0.2, 0) is 49.1 Å². The van der Waals surface area contributed by atoms with Crippen molar-refractivity contribution in [3.63, 3.8) is 0 Å². The Labute approximate surface area is 427 Å². The second kappa shape index (κ2) is 19.6. The zero-order valence-corrected chi connectivity index (χ0v) is 41.2. The Morgan fingerprint density at radius 3 is 1.71 bits per heavy atom. The van der Waals surface area contributed by atoms with E-state index in [1.807, 2.05) is 0 Å². The molecule has 10 rings (SSSR count). The van der Waals surface area contributed by atoms with Gasteiger partial charge < -0.3 is 10.2 Å². The second-order valence-electron chi connectivity index (χ2n) is 15.8. The lowest BCUT2D eigenvalue weighted by Crippen LogP contribution is -2.04. The highest BCUT2D eigenvalue weighted by Crippen LogP contribution is 2.46. The van der Waals surface area contributed by atoms with Crippen molar-refractivity contribution < 1.29 is 78.4 Å². The third-order valence-corrected chi connectivity index (χ3v) is 15.0. The molecule has 0 radical (unpaired) electrons. The molecule has 0 amide bonds. The standard InChI is InChI=1S/C43H28N10O17S5/c1-20-12-35(36(54)19-34(20)45-44-22-2-4-23(5-3-22)52-48-32-10-8-28-30(40(32)50-52)15-25(73(58,59)60)17-37(28)71-69-67-56)46-47-42-38(72-70-68-57)14-21-13-24(6-7-27(21)43(42)55)53-49-33-11-9-29-31(41(33)51-53)16-26(74(61,62)63)18-39(29)75(64,65)66/h2-19,54-57H,1H3,(H,58,59,60)(H,61,62,63)(H,64,65,66). The minimum atomic E-state index is -4.97. The van der Waals surface area contributed by atoms with Crippen LogP contribution in [0.1, 0.15) is 5.56 Å². The normalized spacial score (nSPS) is 12.8. The number of hydrogen-bond donors (Lipinski definition) is 7. The lowest BCUT2D eigenvalue weighted by molar-refractivity contribution is -0.432. The van der Waals surface area contributed by atoms with E-state index in [4.69, 9.17) is 10.5 Å². The number of phenols is 2. The van der Waals surface area contributed by atoms with E-state index < -0.39 is 50.8 Å². The minimum Gasteiger partial charge on any atom is -0.506 e. The zero-order chi connectivity index (χ0) is 53.1. The number of azo groups is 2. The van der Waals surface area contributed by atoms with Crippen molar-refractivity contribution >= 4 is 132 Å². The van der Waals surface area contributed by atoms with Crippen molar-refractivity contribution in [1.29, 1.82) is 0 Å². The van der Waals surface area contributed by atoms with Gasteiger partial charge in [-0.2, -0.15) is 45.1 Å². The van der Waals surface area contributed by atoms with Gasteiger partial charge in [0.25, 0.3) is 30.4 Å². The summed E-state index contributed by atoms with van der Waals surface area (Å²) in [4.78, 5) is 0.628. The Morgan fingerprint density at radius 2 is 1.08 bits per heavy atom. The fraction of sp³-hybridized carbons (Fsp3) is 0.0233. The molecule has 0 saturated heterocycles. The first-order chi connectivity index (χ1) is 35.7. The highest BCUT2D eigenvalue weighted by molar-refractivity contribution is 7.95. The number of hydrogen-bond acceptors (Lipinski definition) is 24. The first-order valence-corrected chi connectivity index (χ1v) is 26.5. The third-order valence-electron chi connectivity index (χ3n) is 11.2. The van der Waals surface area contributed by atoms with Crippen molar-refractivity contribution in [2.75, 3.05) is 0 Å². The molecule has 0 fully saturated rings. The number of aromatic nitrogens is 6. The summed E-state index contributed by atoms with van der Waals surface area (Å²) in [5.74, 6) is -0.792. The molecule has 32 heteroatoms. The maximum atomic E-state index is 12.2. The summed E-state index contributed by atoms with van der Waals surface area (Å²) in [6, 6.07) is 25.2. The maximum absolute atomic E-state index is 12.2. The summed E-state index contributed by atoms with van der Waals surface area (Å²) in [7, 11) is -14.6. The molecule has 0 unspecified atom stereocenters. The van der Waals surface area contributed by atoms with Gasteiger partial charge in [0.05, 0.1) is 61.5 Å². The summed E-state index contributed by atoms with van der Waals surface area (Å²) < 4.78 is 111. The fourth-order valence-corrected chi connectivity index (χ4v) is 10.8. The van der Waals surface area contributed by atoms with Crippen molar-refractivity contribution in [3.05, 3.63) is 115 Å². The van der Waals surface area contributed by atoms with E-state index in [1.165, 1.54) is 59.4 Å². The molecule has 2 aromatic heterocycles. The molecule has 75 heavy (non-hydrogen) atoms. The van der Waals surface area contributed by atoms with E-state index in [9.17, 15) is 49.1 Å². The van der Waals surface area contributed by atoms with Gasteiger partial charge in [0.1, 0.15) is 44.1 Å². The maximum Gasteiger partial charge on any atom is 0.295 e.